The van der Waals surface area contributed by atoms with Gasteiger partial charge in [-0.15, -0.1) is 0 Å². The van der Waals surface area contributed by atoms with Crippen LogP contribution in [0.3, 0.4) is 0 Å². The summed E-state index contributed by atoms with van der Waals surface area (Å²) in [5.41, 5.74) is -0.538. The van der Waals surface area contributed by atoms with Crippen LogP contribution in [0.2, 0.25) is 5.02 Å². The highest BCUT2D eigenvalue weighted by molar-refractivity contribution is 6.31. The SMILES string of the molecule is CC1C(=O)NCCN1c1ccc(Cl)c(C(F)(F)F)c1. The summed E-state index contributed by atoms with van der Waals surface area (Å²) in [6.45, 7) is 2.52. The summed E-state index contributed by atoms with van der Waals surface area (Å²) in [7, 11) is 0. The molecular weight excluding hydrogens is 281 g/mol. The minimum atomic E-state index is -4.51. The molecule has 0 saturated carbocycles. The highest BCUT2D eigenvalue weighted by Crippen LogP contribution is 2.37. The average molecular weight is 293 g/mol. The molecule has 3 nitrogen and oxygen atoms in total. The predicted molar refractivity (Wildman–Crippen MR) is 66.3 cm³/mol. The second kappa shape index (κ2) is 4.92. The molecule has 1 atom stereocenters. The molecule has 1 N–H and O–H groups in total. The van der Waals surface area contributed by atoms with Gasteiger partial charge < -0.3 is 10.2 Å². The molecule has 0 aliphatic carbocycles. The van der Waals surface area contributed by atoms with E-state index in [-0.39, 0.29) is 10.9 Å². The Morgan fingerprint density at radius 1 is 1.42 bits per heavy atom. The molecule has 1 saturated heterocycles. The zero-order chi connectivity index (χ0) is 14.2. The van der Waals surface area contributed by atoms with E-state index in [1.807, 2.05) is 0 Å². The standard InChI is InChI=1S/C12H12ClF3N2O/c1-7-11(19)17-4-5-18(7)8-2-3-10(13)9(6-8)12(14,15)16/h2-3,6-7H,4-5H2,1H3,(H,17,19). The first-order chi connectivity index (χ1) is 8.80. The summed E-state index contributed by atoms with van der Waals surface area (Å²) >= 11 is 5.57. The number of alkyl halides is 3. The van der Waals surface area contributed by atoms with Gasteiger partial charge in [-0.25, -0.2) is 0 Å². The van der Waals surface area contributed by atoms with E-state index in [0.29, 0.717) is 18.8 Å². The number of benzene rings is 1. The van der Waals surface area contributed by atoms with Crippen LogP contribution in [0, 0.1) is 0 Å². The number of halogens is 4. The van der Waals surface area contributed by atoms with Gasteiger partial charge in [0.25, 0.3) is 0 Å². The van der Waals surface area contributed by atoms with Gasteiger partial charge in [0.05, 0.1) is 10.6 Å². The third-order valence-corrected chi connectivity index (χ3v) is 3.42. The first kappa shape index (κ1) is 14.0. The summed E-state index contributed by atoms with van der Waals surface area (Å²) in [6, 6.07) is 3.18. The number of carbonyl (C=O) groups is 1. The van der Waals surface area contributed by atoms with Crippen molar-refractivity contribution < 1.29 is 18.0 Å². The van der Waals surface area contributed by atoms with E-state index in [0.717, 1.165) is 6.07 Å². The van der Waals surface area contributed by atoms with Gasteiger partial charge in [0, 0.05) is 18.8 Å². The molecule has 1 unspecified atom stereocenters. The predicted octanol–water partition coefficient (Wildman–Crippen LogP) is 2.68. The molecule has 7 heteroatoms. The maximum atomic E-state index is 12.8. The normalized spacial score (nSPS) is 20.4. The highest BCUT2D eigenvalue weighted by Gasteiger charge is 2.34. The summed E-state index contributed by atoms with van der Waals surface area (Å²) in [5.74, 6) is -0.199. The van der Waals surface area contributed by atoms with Crippen molar-refractivity contribution >= 4 is 23.2 Å². The van der Waals surface area contributed by atoms with E-state index < -0.39 is 17.8 Å². The van der Waals surface area contributed by atoms with Gasteiger partial charge in [0.2, 0.25) is 5.91 Å². The molecule has 1 amide bonds. The molecule has 1 aliphatic heterocycles. The lowest BCUT2D eigenvalue weighted by molar-refractivity contribution is -0.137. The number of hydrogen-bond donors (Lipinski definition) is 1. The zero-order valence-corrected chi connectivity index (χ0v) is 10.8. The lowest BCUT2D eigenvalue weighted by Crippen LogP contribution is -2.54. The Hall–Kier alpha value is -1.43. The number of rotatable bonds is 1. The Bertz CT molecular complexity index is 504. The molecule has 0 radical (unpaired) electrons. The monoisotopic (exact) mass is 292 g/mol. The Kier molecular flexibility index (Phi) is 3.62. The van der Waals surface area contributed by atoms with E-state index >= 15 is 0 Å². The summed E-state index contributed by atoms with van der Waals surface area (Å²) in [6.07, 6.45) is -4.51. The van der Waals surface area contributed by atoms with E-state index in [1.165, 1.54) is 12.1 Å². The number of nitrogens with one attached hydrogen (secondary N) is 1. The summed E-state index contributed by atoms with van der Waals surface area (Å²) in [5, 5.41) is 2.32. The lowest BCUT2D eigenvalue weighted by Gasteiger charge is -2.35. The van der Waals surface area contributed by atoms with Gasteiger partial charge in [0.1, 0.15) is 6.04 Å². The van der Waals surface area contributed by atoms with Crippen molar-refractivity contribution in [1.29, 1.82) is 0 Å². The molecule has 1 aliphatic rings. The summed E-state index contributed by atoms with van der Waals surface area (Å²) < 4.78 is 38.4. The number of hydrogen-bond acceptors (Lipinski definition) is 2. The van der Waals surface area contributed by atoms with Crippen LogP contribution >= 0.6 is 11.6 Å². The minimum Gasteiger partial charge on any atom is -0.358 e. The van der Waals surface area contributed by atoms with E-state index in [4.69, 9.17) is 11.6 Å². The minimum absolute atomic E-state index is 0.199. The van der Waals surface area contributed by atoms with Crippen LogP contribution in [0.5, 0.6) is 0 Å². The fourth-order valence-corrected chi connectivity index (χ4v) is 2.27. The fourth-order valence-electron chi connectivity index (χ4n) is 2.04. The summed E-state index contributed by atoms with van der Waals surface area (Å²) in [4.78, 5) is 13.2. The van der Waals surface area contributed by atoms with Crippen molar-refractivity contribution in [1.82, 2.24) is 5.32 Å². The van der Waals surface area contributed by atoms with Crippen LogP contribution < -0.4 is 10.2 Å². The van der Waals surface area contributed by atoms with Crippen molar-refractivity contribution in [2.75, 3.05) is 18.0 Å². The molecule has 0 aromatic heterocycles. The quantitative estimate of drug-likeness (QED) is 0.863. The highest BCUT2D eigenvalue weighted by atomic mass is 35.5. The molecule has 2 rings (SSSR count). The van der Waals surface area contributed by atoms with Gasteiger partial charge in [-0.2, -0.15) is 13.2 Å². The smallest absolute Gasteiger partial charge is 0.358 e. The third kappa shape index (κ3) is 2.78. The topological polar surface area (TPSA) is 32.3 Å². The second-order valence-corrected chi connectivity index (χ2v) is 4.73. The maximum absolute atomic E-state index is 12.8. The van der Waals surface area contributed by atoms with Crippen molar-refractivity contribution in [2.24, 2.45) is 0 Å². The fraction of sp³-hybridized carbons (Fsp3) is 0.417. The Labute approximate surface area is 113 Å². The largest absolute Gasteiger partial charge is 0.417 e. The van der Waals surface area contributed by atoms with E-state index in [9.17, 15) is 18.0 Å². The second-order valence-electron chi connectivity index (χ2n) is 4.32. The van der Waals surface area contributed by atoms with Gasteiger partial charge in [-0.05, 0) is 25.1 Å². The molecule has 104 valence electrons. The number of nitrogens with zero attached hydrogens (tertiary/aromatic N) is 1. The molecule has 1 fully saturated rings. The van der Waals surface area contributed by atoms with Crippen LogP contribution in [-0.4, -0.2) is 25.0 Å². The van der Waals surface area contributed by atoms with Crippen LogP contribution in [0.25, 0.3) is 0 Å². The zero-order valence-electron chi connectivity index (χ0n) is 10.1. The Morgan fingerprint density at radius 2 is 2.11 bits per heavy atom. The van der Waals surface area contributed by atoms with Crippen LogP contribution in [-0.2, 0) is 11.0 Å². The van der Waals surface area contributed by atoms with Crippen LogP contribution in [0.1, 0.15) is 12.5 Å². The van der Waals surface area contributed by atoms with E-state index in [2.05, 4.69) is 5.32 Å². The number of amides is 1. The molecular formula is C12H12ClF3N2O. The van der Waals surface area contributed by atoms with Crippen molar-refractivity contribution in [2.45, 2.75) is 19.1 Å². The molecule has 1 aromatic rings. The molecule has 0 spiro atoms. The first-order valence-electron chi connectivity index (χ1n) is 5.72. The average Bonchev–Trinajstić information content (AvgIpc) is 2.32. The third-order valence-electron chi connectivity index (χ3n) is 3.09. The molecule has 0 bridgehead atoms. The van der Waals surface area contributed by atoms with Crippen molar-refractivity contribution in [3.63, 3.8) is 0 Å². The number of anilines is 1. The molecule has 19 heavy (non-hydrogen) atoms. The van der Waals surface area contributed by atoms with Gasteiger partial charge >= 0.3 is 6.18 Å². The van der Waals surface area contributed by atoms with Crippen molar-refractivity contribution in [3.05, 3.63) is 28.8 Å². The van der Waals surface area contributed by atoms with Gasteiger partial charge in [0.15, 0.2) is 0 Å². The van der Waals surface area contributed by atoms with Gasteiger partial charge in [-0.3, -0.25) is 4.79 Å². The molecule has 1 heterocycles. The molecule has 1 aromatic carbocycles. The van der Waals surface area contributed by atoms with E-state index in [1.54, 1.807) is 11.8 Å². The number of piperazine rings is 1. The number of carbonyl (C=O) groups excluding carboxylic acids is 1. The maximum Gasteiger partial charge on any atom is 0.417 e. The Balaban J connectivity index is 2.38. The van der Waals surface area contributed by atoms with Crippen LogP contribution in [0.15, 0.2) is 18.2 Å². The lowest BCUT2D eigenvalue weighted by atomic mass is 10.1. The van der Waals surface area contributed by atoms with Crippen LogP contribution in [0.4, 0.5) is 18.9 Å². The van der Waals surface area contributed by atoms with Crippen molar-refractivity contribution in [3.8, 4) is 0 Å². The first-order valence-corrected chi connectivity index (χ1v) is 6.09. The Morgan fingerprint density at radius 3 is 2.74 bits per heavy atom. The van der Waals surface area contributed by atoms with Gasteiger partial charge in [-0.1, -0.05) is 11.6 Å².